The summed E-state index contributed by atoms with van der Waals surface area (Å²) in [5, 5.41) is 7.59. The van der Waals surface area contributed by atoms with E-state index in [-0.39, 0.29) is 16.8 Å². The molecule has 1 aliphatic rings. The van der Waals surface area contributed by atoms with Gasteiger partial charge in [-0.3, -0.25) is 15.3 Å². The van der Waals surface area contributed by atoms with Crippen molar-refractivity contribution in [2.45, 2.75) is 24.3 Å². The van der Waals surface area contributed by atoms with Crippen molar-refractivity contribution < 1.29 is 8.42 Å². The lowest BCUT2D eigenvalue weighted by Crippen LogP contribution is -2.54. The van der Waals surface area contributed by atoms with E-state index < -0.39 is 10.0 Å². The van der Waals surface area contributed by atoms with E-state index in [0.29, 0.717) is 26.2 Å². The lowest BCUT2D eigenvalue weighted by atomic mass is 10.1. The van der Waals surface area contributed by atoms with E-state index in [1.165, 1.54) is 10.5 Å². The summed E-state index contributed by atoms with van der Waals surface area (Å²) in [5.74, 6) is 0.140. The summed E-state index contributed by atoms with van der Waals surface area (Å²) in [7, 11) is -3.48. The molecule has 0 amide bonds. The molecule has 116 valence electrons. The molecular weight excluding hydrogens is 290 g/mol. The van der Waals surface area contributed by atoms with E-state index in [9.17, 15) is 8.42 Å². The Labute approximate surface area is 125 Å². The Morgan fingerprint density at radius 3 is 2.57 bits per heavy atom. The summed E-state index contributed by atoms with van der Waals surface area (Å²) in [4.78, 5) is 6.15. The number of sulfonamides is 1. The number of aromatic nitrogens is 1. The monoisotopic (exact) mass is 311 g/mol. The van der Waals surface area contributed by atoms with Gasteiger partial charge < -0.3 is 5.73 Å². The van der Waals surface area contributed by atoms with Crippen LogP contribution in [0.25, 0.3) is 0 Å². The second-order valence-corrected chi connectivity index (χ2v) is 6.95. The molecule has 0 spiro atoms. The fraction of sp³-hybridized carbons (Fsp3) is 0.538. The second-order valence-electron chi connectivity index (χ2n) is 5.01. The quantitative estimate of drug-likeness (QED) is 0.593. The molecule has 0 radical (unpaired) electrons. The number of hydrogen-bond donors (Lipinski definition) is 2. The summed E-state index contributed by atoms with van der Waals surface area (Å²) in [6.45, 7) is 3.95. The molecule has 1 atom stereocenters. The molecule has 1 aliphatic heterocycles. The molecule has 1 aromatic rings. The Kier molecular flexibility index (Phi) is 4.92. The molecule has 21 heavy (non-hydrogen) atoms. The molecule has 1 fully saturated rings. The molecular formula is C13H21N5O2S. The Balaban J connectivity index is 2.06. The van der Waals surface area contributed by atoms with Gasteiger partial charge in [-0.15, -0.1) is 0 Å². The molecule has 1 saturated heterocycles. The number of rotatable bonds is 5. The molecule has 0 aliphatic carbocycles. The van der Waals surface area contributed by atoms with Crippen molar-refractivity contribution in [3.8, 4) is 0 Å². The predicted molar refractivity (Wildman–Crippen MR) is 80.6 cm³/mol. The van der Waals surface area contributed by atoms with Crippen LogP contribution >= 0.6 is 0 Å². The zero-order valence-electron chi connectivity index (χ0n) is 12.1. The summed E-state index contributed by atoms with van der Waals surface area (Å²) < 4.78 is 26.4. The van der Waals surface area contributed by atoms with E-state index in [1.54, 1.807) is 18.3 Å². The van der Waals surface area contributed by atoms with E-state index in [0.717, 1.165) is 6.42 Å². The van der Waals surface area contributed by atoms with E-state index >= 15 is 0 Å². The van der Waals surface area contributed by atoms with Crippen LogP contribution in [-0.4, -0.2) is 60.7 Å². The first kappa shape index (κ1) is 15.9. The van der Waals surface area contributed by atoms with Crippen LogP contribution in [0.15, 0.2) is 29.4 Å². The van der Waals surface area contributed by atoms with Gasteiger partial charge in [0, 0.05) is 38.6 Å². The Hall–Kier alpha value is -1.51. The minimum atomic E-state index is -3.48. The van der Waals surface area contributed by atoms with Crippen molar-refractivity contribution >= 4 is 15.9 Å². The minimum absolute atomic E-state index is 0.103. The summed E-state index contributed by atoms with van der Waals surface area (Å²) in [5.41, 5.74) is 5.59. The molecule has 3 N–H and O–H groups in total. The van der Waals surface area contributed by atoms with Gasteiger partial charge in [0.2, 0.25) is 10.0 Å². The number of pyridine rings is 1. The van der Waals surface area contributed by atoms with Crippen LogP contribution in [0.4, 0.5) is 0 Å². The van der Waals surface area contributed by atoms with Gasteiger partial charge in [-0.25, -0.2) is 8.42 Å². The van der Waals surface area contributed by atoms with Crippen molar-refractivity contribution in [1.29, 1.82) is 5.41 Å². The van der Waals surface area contributed by atoms with Gasteiger partial charge in [0.15, 0.2) is 0 Å². The summed E-state index contributed by atoms with van der Waals surface area (Å²) in [6.07, 6.45) is 3.67. The minimum Gasteiger partial charge on any atom is -0.386 e. The number of piperazine rings is 1. The molecule has 1 unspecified atom stereocenters. The highest BCUT2D eigenvalue weighted by Gasteiger charge is 2.31. The average Bonchev–Trinajstić information content (AvgIpc) is 2.49. The van der Waals surface area contributed by atoms with Crippen LogP contribution in [-0.2, 0) is 10.0 Å². The molecule has 8 heteroatoms. The topological polar surface area (TPSA) is 103 Å². The number of nitrogens with two attached hydrogens (primary N) is 1. The van der Waals surface area contributed by atoms with Crippen molar-refractivity contribution in [1.82, 2.24) is 14.2 Å². The maximum absolute atomic E-state index is 12.5. The summed E-state index contributed by atoms with van der Waals surface area (Å²) >= 11 is 0. The highest BCUT2D eigenvalue weighted by atomic mass is 32.2. The molecule has 7 nitrogen and oxygen atoms in total. The molecule has 2 heterocycles. The van der Waals surface area contributed by atoms with Crippen LogP contribution < -0.4 is 5.73 Å². The van der Waals surface area contributed by atoms with Crippen molar-refractivity contribution in [2.24, 2.45) is 5.73 Å². The molecule has 2 rings (SSSR count). The second kappa shape index (κ2) is 6.50. The number of hydrogen-bond acceptors (Lipinski definition) is 5. The third-order valence-electron chi connectivity index (χ3n) is 3.73. The lowest BCUT2D eigenvalue weighted by molar-refractivity contribution is 0.163. The fourth-order valence-electron chi connectivity index (χ4n) is 2.58. The zero-order valence-corrected chi connectivity index (χ0v) is 12.9. The third kappa shape index (κ3) is 3.39. The van der Waals surface area contributed by atoms with Crippen LogP contribution in [0.3, 0.4) is 0 Å². The number of amidine groups is 1. The third-order valence-corrected chi connectivity index (χ3v) is 5.61. The molecule has 0 saturated carbocycles. The van der Waals surface area contributed by atoms with Gasteiger partial charge in [0.1, 0.15) is 10.7 Å². The fourth-order valence-corrected chi connectivity index (χ4v) is 3.97. The Bertz CT molecular complexity index is 582. The first-order valence-electron chi connectivity index (χ1n) is 6.95. The highest BCUT2D eigenvalue weighted by molar-refractivity contribution is 7.89. The van der Waals surface area contributed by atoms with Gasteiger partial charge in [0.05, 0.1) is 6.04 Å². The van der Waals surface area contributed by atoms with E-state index in [2.05, 4.69) is 9.88 Å². The highest BCUT2D eigenvalue weighted by Crippen LogP contribution is 2.18. The molecule has 0 aromatic carbocycles. The van der Waals surface area contributed by atoms with Gasteiger partial charge in [0.25, 0.3) is 0 Å². The number of nitrogens with one attached hydrogen (secondary N) is 1. The van der Waals surface area contributed by atoms with Crippen LogP contribution in [0.1, 0.15) is 13.3 Å². The van der Waals surface area contributed by atoms with Gasteiger partial charge in [-0.2, -0.15) is 4.31 Å². The normalized spacial score (nSPS) is 19.3. The van der Waals surface area contributed by atoms with E-state index in [4.69, 9.17) is 11.1 Å². The van der Waals surface area contributed by atoms with Gasteiger partial charge in [-0.05, 0) is 18.6 Å². The first-order valence-corrected chi connectivity index (χ1v) is 8.39. The Morgan fingerprint density at radius 1 is 1.43 bits per heavy atom. The van der Waals surface area contributed by atoms with Crippen LogP contribution in [0.2, 0.25) is 0 Å². The van der Waals surface area contributed by atoms with Crippen molar-refractivity contribution in [3.05, 3.63) is 24.5 Å². The maximum Gasteiger partial charge on any atom is 0.244 e. The van der Waals surface area contributed by atoms with Crippen molar-refractivity contribution in [2.75, 3.05) is 26.2 Å². The largest absolute Gasteiger partial charge is 0.386 e. The number of nitrogens with zero attached hydrogens (tertiary/aromatic N) is 3. The average molecular weight is 311 g/mol. The first-order chi connectivity index (χ1) is 9.96. The smallest absolute Gasteiger partial charge is 0.244 e. The standard InChI is InChI=1S/C13H21N5O2S/c1-2-12(13(14)15)17-6-8-18(9-7-17)21(19,20)11-4-3-5-16-10-11/h3-5,10,12H,2,6-9H2,1H3,(H3,14,15). The zero-order chi connectivity index (χ0) is 15.5. The molecule has 1 aromatic heterocycles. The van der Waals surface area contributed by atoms with Crippen LogP contribution in [0, 0.1) is 5.41 Å². The van der Waals surface area contributed by atoms with Crippen molar-refractivity contribution in [3.63, 3.8) is 0 Å². The lowest BCUT2D eigenvalue weighted by Gasteiger charge is -2.37. The Morgan fingerprint density at radius 2 is 2.10 bits per heavy atom. The van der Waals surface area contributed by atoms with E-state index in [1.807, 2.05) is 6.92 Å². The van der Waals surface area contributed by atoms with Gasteiger partial charge in [-0.1, -0.05) is 6.92 Å². The molecule has 0 bridgehead atoms. The van der Waals surface area contributed by atoms with Gasteiger partial charge >= 0.3 is 0 Å². The maximum atomic E-state index is 12.5. The van der Waals surface area contributed by atoms with Crippen LogP contribution in [0.5, 0.6) is 0 Å². The predicted octanol–water partition coefficient (Wildman–Crippen LogP) is 0.102. The SMILES string of the molecule is CCC(C(=N)N)N1CCN(S(=O)(=O)c2cccnc2)CC1. The summed E-state index contributed by atoms with van der Waals surface area (Å²) in [6, 6.07) is 3.07.